The molecule has 2 amide bonds. The summed E-state index contributed by atoms with van der Waals surface area (Å²) in [5.74, 6) is -4.40. The van der Waals surface area contributed by atoms with Crippen molar-refractivity contribution in [3.8, 4) is 11.4 Å². The van der Waals surface area contributed by atoms with E-state index >= 15 is 0 Å². The molecular formula is C23H30F3N5O2. The van der Waals surface area contributed by atoms with Crippen molar-refractivity contribution in [2.75, 3.05) is 14.1 Å². The van der Waals surface area contributed by atoms with Gasteiger partial charge in [0, 0.05) is 32.2 Å². The summed E-state index contributed by atoms with van der Waals surface area (Å²) in [4.78, 5) is 32.2. The van der Waals surface area contributed by atoms with Crippen LogP contribution in [0.3, 0.4) is 0 Å². The number of likely N-dealkylation sites (N-methyl/N-ethyl adjacent to an activating group) is 1. The Morgan fingerprint density at radius 1 is 1.15 bits per heavy atom. The summed E-state index contributed by atoms with van der Waals surface area (Å²) in [6.45, 7) is 8.23. The Kier molecular flexibility index (Phi) is 6.88. The first-order valence-corrected chi connectivity index (χ1v) is 10.8. The molecule has 1 aromatic carbocycles. The van der Waals surface area contributed by atoms with Gasteiger partial charge in [-0.15, -0.1) is 0 Å². The molecule has 2 aromatic rings. The molecule has 0 radical (unpaired) electrons. The molecule has 0 spiro atoms. The summed E-state index contributed by atoms with van der Waals surface area (Å²) in [6.07, 6.45) is 0.683. The van der Waals surface area contributed by atoms with Gasteiger partial charge >= 0.3 is 0 Å². The molecule has 1 unspecified atom stereocenters. The van der Waals surface area contributed by atoms with Gasteiger partial charge in [0.25, 0.3) is 5.91 Å². The number of aromatic nitrogens is 2. The van der Waals surface area contributed by atoms with Crippen molar-refractivity contribution >= 4 is 11.8 Å². The minimum Gasteiger partial charge on any atom is -0.357 e. The Morgan fingerprint density at radius 3 is 2.39 bits per heavy atom. The standard InChI is InChI=1S/C23H30F3N5O2/c1-12-7-8-31-17(11-30(12)6)18(21(32)29-19(22(33)27-5)23(2,3)4)28-20(31)13-9-15(25)16(26)10-14(13)24/h9-10,12,19H,7-8,11H2,1-6H3,(H,27,33)(H,29,32)/t12?,19-/m1/s1. The van der Waals surface area contributed by atoms with Gasteiger partial charge in [-0.05, 0) is 31.9 Å². The van der Waals surface area contributed by atoms with Crippen molar-refractivity contribution in [3.05, 3.63) is 41.0 Å². The van der Waals surface area contributed by atoms with Gasteiger partial charge in [0.1, 0.15) is 17.7 Å². The number of nitrogens with one attached hydrogen (secondary N) is 2. The van der Waals surface area contributed by atoms with Crippen LogP contribution in [-0.4, -0.2) is 52.4 Å². The van der Waals surface area contributed by atoms with Gasteiger partial charge in [-0.2, -0.15) is 0 Å². The SMILES string of the molecule is CNC(=O)[C@@H](NC(=O)c1nc(-c2cc(F)c(F)cc2F)n2c1CN(C)C(C)CC2)C(C)(C)C. The second-order valence-electron chi connectivity index (χ2n) is 9.57. The zero-order valence-electron chi connectivity index (χ0n) is 19.7. The molecule has 2 atom stereocenters. The predicted molar refractivity (Wildman–Crippen MR) is 118 cm³/mol. The molecule has 180 valence electrons. The Bertz CT molecular complexity index is 1080. The largest absolute Gasteiger partial charge is 0.357 e. The van der Waals surface area contributed by atoms with Crippen molar-refractivity contribution in [2.24, 2.45) is 5.41 Å². The van der Waals surface area contributed by atoms with E-state index in [1.807, 2.05) is 39.6 Å². The highest BCUT2D eigenvalue weighted by Gasteiger charge is 2.35. The number of nitrogens with zero attached hydrogens (tertiary/aromatic N) is 3. The van der Waals surface area contributed by atoms with Crippen molar-refractivity contribution in [3.63, 3.8) is 0 Å². The van der Waals surface area contributed by atoms with E-state index in [-0.39, 0.29) is 29.0 Å². The third kappa shape index (κ3) is 4.90. The Hall–Kier alpha value is -2.88. The van der Waals surface area contributed by atoms with E-state index < -0.39 is 34.8 Å². The fourth-order valence-electron chi connectivity index (χ4n) is 3.92. The van der Waals surface area contributed by atoms with E-state index in [0.717, 1.165) is 6.07 Å². The first-order chi connectivity index (χ1) is 15.3. The molecule has 1 aliphatic heterocycles. The maximum absolute atomic E-state index is 14.6. The van der Waals surface area contributed by atoms with Crippen LogP contribution in [0.25, 0.3) is 11.4 Å². The summed E-state index contributed by atoms with van der Waals surface area (Å²) < 4.78 is 43.8. The highest BCUT2D eigenvalue weighted by molar-refractivity contribution is 5.97. The number of imidazole rings is 1. The van der Waals surface area contributed by atoms with Gasteiger partial charge in [-0.3, -0.25) is 14.5 Å². The second-order valence-corrected chi connectivity index (χ2v) is 9.57. The Morgan fingerprint density at radius 2 is 1.79 bits per heavy atom. The van der Waals surface area contributed by atoms with E-state index in [1.54, 1.807) is 4.57 Å². The molecule has 0 aliphatic carbocycles. The maximum Gasteiger partial charge on any atom is 0.272 e. The normalized spacial score (nSPS) is 17.8. The highest BCUT2D eigenvalue weighted by atomic mass is 19.2. The lowest BCUT2D eigenvalue weighted by molar-refractivity contribution is -0.124. The average Bonchev–Trinajstić information content (AvgIpc) is 3.01. The summed E-state index contributed by atoms with van der Waals surface area (Å²) in [7, 11) is 3.38. The van der Waals surface area contributed by atoms with E-state index in [9.17, 15) is 22.8 Å². The fraction of sp³-hybridized carbons (Fsp3) is 0.522. The molecule has 2 heterocycles. The highest BCUT2D eigenvalue weighted by Crippen LogP contribution is 2.31. The van der Waals surface area contributed by atoms with Gasteiger partial charge in [0.15, 0.2) is 17.3 Å². The number of carbonyl (C=O) groups is 2. The van der Waals surface area contributed by atoms with E-state index in [4.69, 9.17) is 0 Å². The lowest BCUT2D eigenvalue weighted by atomic mass is 9.86. The molecule has 0 saturated carbocycles. The van der Waals surface area contributed by atoms with Crippen LogP contribution >= 0.6 is 0 Å². The van der Waals surface area contributed by atoms with Crippen LogP contribution < -0.4 is 10.6 Å². The van der Waals surface area contributed by atoms with Gasteiger partial charge in [-0.25, -0.2) is 18.2 Å². The Labute approximate surface area is 191 Å². The molecule has 0 saturated heterocycles. The molecule has 1 aliphatic rings. The second kappa shape index (κ2) is 9.17. The van der Waals surface area contributed by atoms with Gasteiger partial charge < -0.3 is 15.2 Å². The van der Waals surface area contributed by atoms with Crippen LogP contribution in [0.1, 0.15) is 50.3 Å². The minimum atomic E-state index is -1.30. The Balaban J connectivity index is 2.14. The maximum atomic E-state index is 14.6. The van der Waals surface area contributed by atoms with Crippen molar-refractivity contribution in [2.45, 2.75) is 59.3 Å². The van der Waals surface area contributed by atoms with Crippen molar-refractivity contribution in [1.29, 1.82) is 0 Å². The number of rotatable bonds is 4. The molecular weight excluding hydrogens is 435 g/mol. The molecule has 7 nitrogen and oxygen atoms in total. The first-order valence-electron chi connectivity index (χ1n) is 10.8. The quantitative estimate of drug-likeness (QED) is 0.681. The van der Waals surface area contributed by atoms with Gasteiger partial charge in [0.05, 0.1) is 11.3 Å². The number of amides is 2. The number of halogens is 3. The summed E-state index contributed by atoms with van der Waals surface area (Å²) >= 11 is 0. The molecule has 33 heavy (non-hydrogen) atoms. The van der Waals surface area contributed by atoms with E-state index in [2.05, 4.69) is 15.6 Å². The lowest BCUT2D eigenvalue weighted by Crippen LogP contribution is -2.53. The van der Waals surface area contributed by atoms with Gasteiger partial charge in [-0.1, -0.05) is 20.8 Å². The smallest absolute Gasteiger partial charge is 0.272 e. The number of fused-ring (bicyclic) bond motifs is 1. The third-order valence-electron chi connectivity index (χ3n) is 6.11. The van der Waals surface area contributed by atoms with Gasteiger partial charge in [0.2, 0.25) is 5.91 Å². The monoisotopic (exact) mass is 465 g/mol. The van der Waals surface area contributed by atoms with Crippen LogP contribution in [-0.2, 0) is 17.9 Å². The van der Waals surface area contributed by atoms with Crippen LogP contribution in [0.4, 0.5) is 13.2 Å². The van der Waals surface area contributed by atoms with E-state index in [0.29, 0.717) is 31.3 Å². The molecule has 1 aromatic heterocycles. The summed E-state index contributed by atoms with van der Waals surface area (Å²) in [6, 6.07) is 0.538. The third-order valence-corrected chi connectivity index (χ3v) is 6.11. The summed E-state index contributed by atoms with van der Waals surface area (Å²) in [5, 5.41) is 5.30. The molecule has 0 bridgehead atoms. The zero-order valence-corrected chi connectivity index (χ0v) is 19.7. The predicted octanol–water partition coefficient (Wildman–Crippen LogP) is 3.08. The van der Waals surface area contributed by atoms with Crippen molar-refractivity contribution in [1.82, 2.24) is 25.1 Å². The van der Waals surface area contributed by atoms with Crippen molar-refractivity contribution < 1.29 is 22.8 Å². The topological polar surface area (TPSA) is 79.3 Å². The summed E-state index contributed by atoms with van der Waals surface area (Å²) in [5.41, 5.74) is -0.284. The van der Waals surface area contributed by atoms with Crippen LogP contribution in [0.5, 0.6) is 0 Å². The van der Waals surface area contributed by atoms with E-state index in [1.165, 1.54) is 7.05 Å². The molecule has 2 N–H and O–H groups in total. The van der Waals surface area contributed by atoms with Crippen LogP contribution in [0.15, 0.2) is 12.1 Å². The number of hydrogen-bond donors (Lipinski definition) is 2. The van der Waals surface area contributed by atoms with Crippen LogP contribution in [0.2, 0.25) is 0 Å². The number of carbonyl (C=O) groups excluding carboxylic acids is 2. The molecule has 3 rings (SSSR count). The first kappa shape index (κ1) is 24.8. The minimum absolute atomic E-state index is 0.0215. The number of benzene rings is 1. The average molecular weight is 466 g/mol. The number of hydrogen-bond acceptors (Lipinski definition) is 4. The fourth-order valence-corrected chi connectivity index (χ4v) is 3.92. The lowest BCUT2D eigenvalue weighted by Gasteiger charge is -2.29. The van der Waals surface area contributed by atoms with Crippen LogP contribution in [0, 0.1) is 22.9 Å². The zero-order chi connectivity index (χ0) is 24.7. The molecule has 0 fully saturated rings. The molecule has 10 heteroatoms.